The quantitative estimate of drug-likeness (QED) is 0.730. The van der Waals surface area contributed by atoms with Crippen LogP contribution in [0.5, 0.6) is 0 Å². The Bertz CT molecular complexity index is 320. The Hall–Kier alpha value is -1.08. The molecule has 1 aromatic rings. The second-order valence-electron chi connectivity index (χ2n) is 3.77. The molecule has 0 spiro atoms. The van der Waals surface area contributed by atoms with E-state index in [1.54, 1.807) is 0 Å². The van der Waals surface area contributed by atoms with Crippen LogP contribution < -0.4 is 0 Å². The van der Waals surface area contributed by atoms with Crippen LogP contribution in [0.25, 0.3) is 6.08 Å². The highest BCUT2D eigenvalue weighted by Gasteiger charge is 2.41. The van der Waals surface area contributed by atoms with Crippen LogP contribution >= 0.6 is 0 Å². The summed E-state index contributed by atoms with van der Waals surface area (Å²) in [5, 5.41) is 9.79. The summed E-state index contributed by atoms with van der Waals surface area (Å²) in [4.78, 5) is 0. The molecular formula is C12H14O. The molecule has 1 fully saturated rings. The third kappa shape index (κ3) is 1.81. The molecule has 0 aliphatic heterocycles. The van der Waals surface area contributed by atoms with E-state index in [0.717, 1.165) is 18.4 Å². The highest BCUT2D eigenvalue weighted by Crippen LogP contribution is 2.42. The van der Waals surface area contributed by atoms with Crippen LogP contribution in [0.1, 0.15) is 25.3 Å². The highest BCUT2D eigenvalue weighted by molar-refractivity contribution is 5.55. The molecule has 13 heavy (non-hydrogen) atoms. The van der Waals surface area contributed by atoms with Gasteiger partial charge in [-0.05, 0) is 30.9 Å². The second kappa shape index (κ2) is 3.00. The molecule has 1 N–H and O–H groups in total. The van der Waals surface area contributed by atoms with Crippen molar-refractivity contribution in [3.63, 3.8) is 0 Å². The Balaban J connectivity index is 2.21. The molecule has 1 aliphatic rings. The van der Waals surface area contributed by atoms with Crippen molar-refractivity contribution in [3.05, 3.63) is 41.5 Å². The van der Waals surface area contributed by atoms with E-state index in [2.05, 4.69) is 18.2 Å². The third-order valence-electron chi connectivity index (χ3n) is 2.64. The Morgan fingerprint density at radius 1 is 1.31 bits per heavy atom. The lowest BCUT2D eigenvalue weighted by Gasteiger charge is -2.07. The summed E-state index contributed by atoms with van der Waals surface area (Å²) in [7, 11) is 0. The molecule has 1 nitrogen and oxygen atoms in total. The molecule has 0 bridgehead atoms. The van der Waals surface area contributed by atoms with Crippen molar-refractivity contribution in [2.24, 2.45) is 0 Å². The summed E-state index contributed by atoms with van der Waals surface area (Å²) in [6.07, 6.45) is 3.90. The monoisotopic (exact) mass is 174 g/mol. The maximum Gasteiger partial charge on any atom is 0.0859 e. The van der Waals surface area contributed by atoms with Crippen LogP contribution in [-0.4, -0.2) is 10.7 Å². The van der Waals surface area contributed by atoms with Gasteiger partial charge >= 0.3 is 0 Å². The lowest BCUT2D eigenvalue weighted by atomic mass is 10.1. The van der Waals surface area contributed by atoms with Crippen LogP contribution in [-0.2, 0) is 0 Å². The topological polar surface area (TPSA) is 20.2 Å². The Labute approximate surface area is 78.7 Å². The normalized spacial score (nSPS) is 20.0. The molecule has 0 amide bonds. The molecule has 0 radical (unpaired) electrons. The number of hydrogen-bond acceptors (Lipinski definition) is 1. The first-order chi connectivity index (χ1) is 6.21. The Kier molecular flexibility index (Phi) is 1.97. The maximum absolute atomic E-state index is 9.79. The fourth-order valence-electron chi connectivity index (χ4n) is 1.45. The van der Waals surface area contributed by atoms with Crippen LogP contribution in [0.15, 0.2) is 35.9 Å². The molecule has 0 unspecified atom stereocenters. The smallest absolute Gasteiger partial charge is 0.0859 e. The summed E-state index contributed by atoms with van der Waals surface area (Å²) >= 11 is 0. The molecule has 68 valence electrons. The average molecular weight is 174 g/mol. The van der Waals surface area contributed by atoms with Crippen molar-refractivity contribution in [1.29, 1.82) is 0 Å². The predicted molar refractivity (Wildman–Crippen MR) is 54.3 cm³/mol. The van der Waals surface area contributed by atoms with Gasteiger partial charge in [-0.3, -0.25) is 0 Å². The van der Waals surface area contributed by atoms with Crippen LogP contribution in [0, 0.1) is 0 Å². The van der Waals surface area contributed by atoms with Gasteiger partial charge in [-0.15, -0.1) is 0 Å². The lowest BCUT2D eigenvalue weighted by Crippen LogP contribution is -2.07. The van der Waals surface area contributed by atoms with Crippen molar-refractivity contribution in [1.82, 2.24) is 0 Å². The largest absolute Gasteiger partial charge is 0.386 e. The van der Waals surface area contributed by atoms with E-state index in [1.807, 2.05) is 25.1 Å². The van der Waals surface area contributed by atoms with Gasteiger partial charge in [0.1, 0.15) is 0 Å². The van der Waals surface area contributed by atoms with Crippen molar-refractivity contribution >= 4 is 6.08 Å². The Morgan fingerprint density at radius 3 is 2.46 bits per heavy atom. The molecule has 0 atom stereocenters. The van der Waals surface area contributed by atoms with Crippen LogP contribution in [0.3, 0.4) is 0 Å². The van der Waals surface area contributed by atoms with Gasteiger partial charge in [0, 0.05) is 0 Å². The maximum atomic E-state index is 9.79. The van der Waals surface area contributed by atoms with Gasteiger partial charge in [0.15, 0.2) is 0 Å². The van der Waals surface area contributed by atoms with E-state index in [4.69, 9.17) is 0 Å². The fraction of sp³-hybridized carbons (Fsp3) is 0.333. The summed E-state index contributed by atoms with van der Waals surface area (Å²) in [6.45, 7) is 2.00. The van der Waals surface area contributed by atoms with Crippen LogP contribution in [0.4, 0.5) is 0 Å². The minimum absolute atomic E-state index is 0.476. The minimum Gasteiger partial charge on any atom is -0.386 e. The first-order valence-electron chi connectivity index (χ1n) is 4.67. The molecule has 0 heterocycles. The predicted octanol–water partition coefficient (Wildman–Crippen LogP) is 2.61. The van der Waals surface area contributed by atoms with Gasteiger partial charge < -0.3 is 5.11 Å². The van der Waals surface area contributed by atoms with Crippen molar-refractivity contribution in [2.45, 2.75) is 25.4 Å². The van der Waals surface area contributed by atoms with E-state index in [9.17, 15) is 5.11 Å². The van der Waals surface area contributed by atoms with E-state index in [-0.39, 0.29) is 0 Å². The zero-order valence-electron chi connectivity index (χ0n) is 7.83. The second-order valence-corrected chi connectivity index (χ2v) is 3.77. The van der Waals surface area contributed by atoms with E-state index in [0.29, 0.717) is 0 Å². The van der Waals surface area contributed by atoms with Gasteiger partial charge in [-0.1, -0.05) is 36.4 Å². The SMILES string of the molecule is C/C(=C\c1ccccc1)C1(O)CC1. The van der Waals surface area contributed by atoms with Gasteiger partial charge in [0.05, 0.1) is 5.60 Å². The molecule has 0 saturated heterocycles. The molecule has 1 aromatic carbocycles. The fourth-order valence-corrected chi connectivity index (χ4v) is 1.45. The summed E-state index contributed by atoms with van der Waals surface area (Å²) < 4.78 is 0. The van der Waals surface area contributed by atoms with Gasteiger partial charge in [-0.2, -0.15) is 0 Å². The first kappa shape index (κ1) is 8.52. The zero-order valence-corrected chi connectivity index (χ0v) is 7.83. The van der Waals surface area contributed by atoms with Crippen LogP contribution in [0.2, 0.25) is 0 Å². The summed E-state index contributed by atoms with van der Waals surface area (Å²) in [5.74, 6) is 0. The van der Waals surface area contributed by atoms with E-state index < -0.39 is 5.60 Å². The first-order valence-corrected chi connectivity index (χ1v) is 4.67. The van der Waals surface area contributed by atoms with Gasteiger partial charge in [-0.25, -0.2) is 0 Å². The van der Waals surface area contributed by atoms with Gasteiger partial charge in [0.2, 0.25) is 0 Å². The number of hydrogen-bond donors (Lipinski definition) is 1. The average Bonchev–Trinajstić information content (AvgIpc) is 2.87. The molecular weight excluding hydrogens is 160 g/mol. The highest BCUT2D eigenvalue weighted by atomic mass is 16.3. The van der Waals surface area contributed by atoms with Crippen molar-refractivity contribution in [3.8, 4) is 0 Å². The third-order valence-corrected chi connectivity index (χ3v) is 2.64. The number of benzene rings is 1. The Morgan fingerprint density at radius 2 is 1.92 bits per heavy atom. The molecule has 0 aromatic heterocycles. The number of aliphatic hydroxyl groups is 1. The summed E-state index contributed by atoms with van der Waals surface area (Å²) in [5.41, 5.74) is 1.77. The minimum atomic E-state index is -0.476. The molecule has 1 heteroatoms. The lowest BCUT2D eigenvalue weighted by molar-refractivity contribution is 0.190. The standard InChI is InChI=1S/C12H14O/c1-10(12(13)7-8-12)9-11-5-3-2-4-6-11/h2-6,9,13H,7-8H2,1H3/b10-9+. The number of rotatable bonds is 2. The molecule has 2 rings (SSSR count). The zero-order chi connectivity index (χ0) is 9.31. The summed E-state index contributed by atoms with van der Waals surface area (Å²) in [6, 6.07) is 10.1. The molecule has 1 aliphatic carbocycles. The van der Waals surface area contributed by atoms with E-state index in [1.165, 1.54) is 5.56 Å². The van der Waals surface area contributed by atoms with Crippen molar-refractivity contribution < 1.29 is 5.11 Å². The van der Waals surface area contributed by atoms with E-state index >= 15 is 0 Å². The van der Waals surface area contributed by atoms with Gasteiger partial charge in [0.25, 0.3) is 0 Å². The molecule has 1 saturated carbocycles. The van der Waals surface area contributed by atoms with Crippen molar-refractivity contribution in [2.75, 3.05) is 0 Å².